The number of amides is 2. The zero-order valence-corrected chi connectivity index (χ0v) is 14.8. The van der Waals surface area contributed by atoms with Gasteiger partial charge in [-0.2, -0.15) is 0 Å². The summed E-state index contributed by atoms with van der Waals surface area (Å²) in [4.78, 5) is 26.5. The van der Waals surface area contributed by atoms with Gasteiger partial charge < -0.3 is 15.0 Å². The van der Waals surface area contributed by atoms with Crippen LogP contribution in [0.3, 0.4) is 0 Å². The van der Waals surface area contributed by atoms with Gasteiger partial charge in [0.2, 0.25) is 5.91 Å². The molecule has 0 unspecified atom stereocenters. The number of hydrogen-bond donors (Lipinski definition) is 1. The molecule has 0 saturated carbocycles. The van der Waals surface area contributed by atoms with Gasteiger partial charge in [-0.25, -0.2) is 4.79 Å². The summed E-state index contributed by atoms with van der Waals surface area (Å²) in [5.74, 6) is 0.652. The maximum Gasteiger partial charge on any atom is 0.407 e. The van der Waals surface area contributed by atoms with Crippen LogP contribution in [0.25, 0.3) is 0 Å². The molecule has 1 fully saturated rings. The number of rotatable bonds is 2. The van der Waals surface area contributed by atoms with Crippen molar-refractivity contribution in [1.82, 2.24) is 10.2 Å². The fourth-order valence-corrected chi connectivity index (χ4v) is 3.30. The first-order chi connectivity index (χ1) is 10.8. The van der Waals surface area contributed by atoms with Gasteiger partial charge in [-0.3, -0.25) is 4.79 Å². The Bertz CT molecular complexity index is 467. The van der Waals surface area contributed by atoms with Crippen LogP contribution in [0.15, 0.2) is 12.2 Å². The number of hydrogen-bond acceptors (Lipinski definition) is 3. The van der Waals surface area contributed by atoms with E-state index in [2.05, 4.69) is 24.4 Å². The highest BCUT2D eigenvalue weighted by molar-refractivity contribution is 5.79. The van der Waals surface area contributed by atoms with Gasteiger partial charge in [-0.1, -0.05) is 19.1 Å². The third-order valence-corrected chi connectivity index (χ3v) is 4.54. The van der Waals surface area contributed by atoms with Gasteiger partial charge in [0, 0.05) is 25.0 Å². The molecule has 2 rings (SSSR count). The summed E-state index contributed by atoms with van der Waals surface area (Å²) in [6.45, 7) is 9.08. The Balaban J connectivity index is 1.83. The SMILES string of the molecule is C[C@@H]1CN(C(=O)[C@H]2CC=CCC2)CC[C@H]1NC(=O)OC(C)(C)C. The number of nitrogens with zero attached hydrogens (tertiary/aromatic N) is 1. The Morgan fingerprint density at radius 2 is 1.96 bits per heavy atom. The van der Waals surface area contributed by atoms with Crippen molar-refractivity contribution in [2.75, 3.05) is 13.1 Å². The lowest BCUT2D eigenvalue weighted by molar-refractivity contribution is -0.137. The van der Waals surface area contributed by atoms with E-state index < -0.39 is 5.60 Å². The molecule has 2 aliphatic rings. The van der Waals surface area contributed by atoms with Crippen LogP contribution in [0.5, 0.6) is 0 Å². The first kappa shape index (κ1) is 17.8. The number of carbonyl (C=O) groups is 2. The zero-order chi connectivity index (χ0) is 17.0. The Hall–Kier alpha value is -1.52. The molecule has 0 aromatic rings. The number of allylic oxidation sites excluding steroid dienone is 2. The van der Waals surface area contributed by atoms with E-state index in [0.29, 0.717) is 13.1 Å². The molecular weight excluding hydrogens is 292 g/mol. The van der Waals surface area contributed by atoms with Crippen molar-refractivity contribution in [1.29, 1.82) is 0 Å². The summed E-state index contributed by atoms with van der Waals surface area (Å²) in [5, 5.41) is 2.95. The second kappa shape index (κ2) is 7.37. The topological polar surface area (TPSA) is 58.6 Å². The summed E-state index contributed by atoms with van der Waals surface area (Å²) in [7, 11) is 0. The molecule has 130 valence electrons. The van der Waals surface area contributed by atoms with Crippen molar-refractivity contribution in [3.63, 3.8) is 0 Å². The number of likely N-dealkylation sites (tertiary alicyclic amines) is 1. The summed E-state index contributed by atoms with van der Waals surface area (Å²) >= 11 is 0. The van der Waals surface area contributed by atoms with Crippen LogP contribution in [0.2, 0.25) is 0 Å². The van der Waals surface area contributed by atoms with Gasteiger partial charge >= 0.3 is 6.09 Å². The number of piperidine rings is 1. The van der Waals surface area contributed by atoms with E-state index in [4.69, 9.17) is 4.74 Å². The van der Waals surface area contributed by atoms with Crippen LogP contribution in [0.4, 0.5) is 4.79 Å². The lowest BCUT2D eigenvalue weighted by Gasteiger charge is -2.39. The fraction of sp³-hybridized carbons (Fsp3) is 0.778. The van der Waals surface area contributed by atoms with Crippen LogP contribution < -0.4 is 5.32 Å². The van der Waals surface area contributed by atoms with Gasteiger partial charge in [0.25, 0.3) is 0 Å². The van der Waals surface area contributed by atoms with E-state index in [1.165, 1.54) is 0 Å². The Labute approximate surface area is 139 Å². The predicted octanol–water partition coefficient (Wildman–Crippen LogP) is 3.10. The van der Waals surface area contributed by atoms with E-state index >= 15 is 0 Å². The minimum Gasteiger partial charge on any atom is -0.444 e. The van der Waals surface area contributed by atoms with Gasteiger partial charge in [0.05, 0.1) is 0 Å². The van der Waals surface area contributed by atoms with Gasteiger partial charge in [-0.15, -0.1) is 0 Å². The summed E-state index contributed by atoms with van der Waals surface area (Å²) in [5.41, 5.74) is -0.488. The molecule has 2 amide bonds. The summed E-state index contributed by atoms with van der Waals surface area (Å²) in [6, 6.07) is 0.0696. The smallest absolute Gasteiger partial charge is 0.407 e. The standard InChI is InChI=1S/C18H30N2O3/c1-13-12-20(16(21)14-8-6-5-7-9-14)11-10-15(13)19-17(22)23-18(2,3)4/h5-6,13-15H,7-12H2,1-4H3,(H,19,22)/t13-,14+,15-/m1/s1. The maximum atomic E-state index is 12.6. The number of ether oxygens (including phenoxy) is 1. The zero-order valence-electron chi connectivity index (χ0n) is 14.8. The van der Waals surface area contributed by atoms with Gasteiger partial charge in [0.1, 0.15) is 5.60 Å². The van der Waals surface area contributed by atoms with Crippen molar-refractivity contribution < 1.29 is 14.3 Å². The molecule has 0 spiro atoms. The Morgan fingerprint density at radius 3 is 2.52 bits per heavy atom. The van der Waals surface area contributed by atoms with Crippen molar-refractivity contribution >= 4 is 12.0 Å². The van der Waals surface area contributed by atoms with E-state index in [-0.39, 0.29) is 29.9 Å². The molecule has 5 nitrogen and oxygen atoms in total. The fourth-order valence-electron chi connectivity index (χ4n) is 3.30. The quantitative estimate of drug-likeness (QED) is 0.795. The van der Waals surface area contributed by atoms with E-state index in [1.54, 1.807) is 0 Å². The molecule has 1 aliphatic heterocycles. The maximum absolute atomic E-state index is 12.6. The molecule has 1 N–H and O–H groups in total. The normalized spacial score (nSPS) is 28.3. The molecule has 23 heavy (non-hydrogen) atoms. The van der Waals surface area contributed by atoms with Crippen molar-refractivity contribution in [3.8, 4) is 0 Å². The molecule has 1 aliphatic carbocycles. The molecular formula is C18H30N2O3. The summed E-state index contributed by atoms with van der Waals surface area (Å²) in [6.07, 6.45) is 7.52. The van der Waals surface area contributed by atoms with Crippen molar-refractivity contribution in [2.45, 2.75) is 65.0 Å². The average molecular weight is 322 g/mol. The molecule has 0 aromatic heterocycles. The second-order valence-electron chi connectivity index (χ2n) is 7.78. The lowest BCUT2D eigenvalue weighted by atomic mass is 9.89. The summed E-state index contributed by atoms with van der Waals surface area (Å²) < 4.78 is 5.32. The van der Waals surface area contributed by atoms with Gasteiger partial charge in [-0.05, 0) is 52.4 Å². The monoisotopic (exact) mass is 322 g/mol. The van der Waals surface area contributed by atoms with Crippen LogP contribution in [-0.4, -0.2) is 41.6 Å². The number of nitrogens with one attached hydrogen (secondary N) is 1. The van der Waals surface area contributed by atoms with Crippen LogP contribution in [0, 0.1) is 11.8 Å². The van der Waals surface area contributed by atoms with Crippen LogP contribution in [0.1, 0.15) is 53.4 Å². The Morgan fingerprint density at radius 1 is 1.22 bits per heavy atom. The van der Waals surface area contributed by atoms with Crippen molar-refractivity contribution in [3.05, 3.63) is 12.2 Å². The minimum absolute atomic E-state index is 0.0696. The molecule has 1 saturated heterocycles. The second-order valence-corrected chi connectivity index (χ2v) is 7.78. The third-order valence-electron chi connectivity index (χ3n) is 4.54. The highest BCUT2D eigenvalue weighted by Gasteiger charge is 2.33. The third kappa shape index (κ3) is 5.26. The average Bonchev–Trinajstić information content (AvgIpc) is 2.47. The van der Waals surface area contributed by atoms with Crippen LogP contribution in [-0.2, 0) is 9.53 Å². The lowest BCUT2D eigenvalue weighted by Crippen LogP contribution is -2.53. The minimum atomic E-state index is -0.488. The molecule has 0 bridgehead atoms. The number of alkyl carbamates (subject to hydrolysis) is 1. The largest absolute Gasteiger partial charge is 0.444 e. The highest BCUT2D eigenvalue weighted by atomic mass is 16.6. The highest BCUT2D eigenvalue weighted by Crippen LogP contribution is 2.24. The van der Waals surface area contributed by atoms with Crippen molar-refractivity contribution in [2.24, 2.45) is 11.8 Å². The molecule has 0 radical (unpaired) electrons. The molecule has 3 atom stereocenters. The first-order valence-corrected chi connectivity index (χ1v) is 8.69. The van der Waals surface area contributed by atoms with Crippen LogP contribution >= 0.6 is 0 Å². The van der Waals surface area contributed by atoms with E-state index in [0.717, 1.165) is 25.7 Å². The first-order valence-electron chi connectivity index (χ1n) is 8.69. The predicted molar refractivity (Wildman–Crippen MR) is 90.0 cm³/mol. The number of carbonyl (C=O) groups excluding carboxylic acids is 2. The van der Waals surface area contributed by atoms with Gasteiger partial charge in [0.15, 0.2) is 0 Å². The van der Waals surface area contributed by atoms with E-state index in [9.17, 15) is 9.59 Å². The molecule has 1 heterocycles. The molecule has 0 aromatic carbocycles. The Kier molecular flexibility index (Phi) is 5.71. The molecule has 5 heteroatoms. The van der Waals surface area contributed by atoms with E-state index in [1.807, 2.05) is 25.7 Å².